The van der Waals surface area contributed by atoms with Crippen molar-refractivity contribution in [2.24, 2.45) is 0 Å². The summed E-state index contributed by atoms with van der Waals surface area (Å²) in [7, 11) is -3.50. The van der Waals surface area contributed by atoms with Gasteiger partial charge in [0.1, 0.15) is 5.82 Å². The fraction of sp³-hybridized carbons (Fsp3) is 0.316. The normalized spacial score (nSPS) is 16.2. The second-order valence-electron chi connectivity index (χ2n) is 6.36. The first-order valence-corrected chi connectivity index (χ1v) is 10.2. The van der Waals surface area contributed by atoms with Gasteiger partial charge in [-0.2, -0.15) is 4.31 Å². The third-order valence-electron chi connectivity index (χ3n) is 4.51. The Morgan fingerprint density at radius 1 is 0.963 bits per heavy atom. The van der Waals surface area contributed by atoms with Gasteiger partial charge in [0.25, 0.3) is 0 Å². The molecule has 27 heavy (non-hydrogen) atoms. The molecule has 1 aliphatic rings. The third-order valence-corrected chi connectivity index (χ3v) is 6.43. The van der Waals surface area contributed by atoms with Crippen molar-refractivity contribution in [1.82, 2.24) is 14.5 Å². The van der Waals surface area contributed by atoms with E-state index < -0.39 is 10.0 Å². The van der Waals surface area contributed by atoms with Gasteiger partial charge in [-0.3, -0.25) is 9.69 Å². The van der Waals surface area contributed by atoms with Crippen molar-refractivity contribution in [3.63, 3.8) is 0 Å². The summed E-state index contributed by atoms with van der Waals surface area (Å²) in [6.45, 7) is 1.90. The predicted octanol–water partition coefficient (Wildman–Crippen LogP) is 1.45. The minimum Gasteiger partial charge on any atom is -0.351 e. The number of amides is 1. The van der Waals surface area contributed by atoms with Gasteiger partial charge in [0.2, 0.25) is 15.9 Å². The molecule has 0 radical (unpaired) electrons. The second-order valence-corrected chi connectivity index (χ2v) is 8.30. The van der Waals surface area contributed by atoms with Gasteiger partial charge in [-0.1, -0.05) is 36.4 Å². The van der Waals surface area contributed by atoms with Gasteiger partial charge in [0.15, 0.2) is 0 Å². The number of hydrogen-bond donors (Lipinski definition) is 1. The van der Waals surface area contributed by atoms with Gasteiger partial charge >= 0.3 is 0 Å². The van der Waals surface area contributed by atoms with Crippen LogP contribution in [0.25, 0.3) is 0 Å². The molecule has 2 aromatic carbocycles. The molecule has 0 atom stereocenters. The first-order chi connectivity index (χ1) is 13.0. The molecule has 1 heterocycles. The topological polar surface area (TPSA) is 69.7 Å². The Hall–Kier alpha value is -2.29. The number of piperazine rings is 1. The number of nitrogens with one attached hydrogen (secondary N) is 1. The zero-order valence-electron chi connectivity index (χ0n) is 14.8. The number of carbonyl (C=O) groups excluding carboxylic acids is 1. The van der Waals surface area contributed by atoms with Crippen LogP contribution in [0.3, 0.4) is 0 Å². The summed E-state index contributed by atoms with van der Waals surface area (Å²) < 4.78 is 40.2. The zero-order valence-corrected chi connectivity index (χ0v) is 15.7. The number of carbonyl (C=O) groups is 1. The first kappa shape index (κ1) is 19.5. The van der Waals surface area contributed by atoms with E-state index in [0.717, 1.165) is 0 Å². The highest BCUT2D eigenvalue weighted by Crippen LogP contribution is 2.17. The number of rotatable bonds is 6. The molecular weight excluding hydrogens is 369 g/mol. The van der Waals surface area contributed by atoms with Crippen LogP contribution in [0.15, 0.2) is 59.5 Å². The van der Waals surface area contributed by atoms with Gasteiger partial charge in [0.05, 0.1) is 11.4 Å². The molecule has 3 rings (SSSR count). The molecule has 1 fully saturated rings. The fourth-order valence-corrected chi connectivity index (χ4v) is 4.41. The van der Waals surface area contributed by atoms with Crippen LogP contribution in [0.5, 0.6) is 0 Å². The minimum absolute atomic E-state index is 0.133. The van der Waals surface area contributed by atoms with Crippen molar-refractivity contribution in [2.45, 2.75) is 11.4 Å². The maximum atomic E-state index is 13.6. The Labute approximate surface area is 158 Å². The molecule has 0 aliphatic carbocycles. The molecule has 6 nitrogen and oxygen atoms in total. The highest BCUT2D eigenvalue weighted by molar-refractivity contribution is 7.89. The minimum atomic E-state index is -3.50. The van der Waals surface area contributed by atoms with Crippen molar-refractivity contribution in [3.05, 3.63) is 66.0 Å². The second kappa shape index (κ2) is 8.60. The lowest BCUT2D eigenvalue weighted by molar-refractivity contribution is -0.122. The monoisotopic (exact) mass is 391 g/mol. The summed E-state index contributed by atoms with van der Waals surface area (Å²) in [4.78, 5) is 14.3. The van der Waals surface area contributed by atoms with E-state index in [-0.39, 0.29) is 29.7 Å². The zero-order chi connectivity index (χ0) is 19.3. The summed E-state index contributed by atoms with van der Waals surface area (Å²) in [6, 6.07) is 14.6. The molecule has 8 heteroatoms. The molecule has 2 aromatic rings. The average molecular weight is 391 g/mol. The van der Waals surface area contributed by atoms with Crippen molar-refractivity contribution in [1.29, 1.82) is 0 Å². The lowest BCUT2D eigenvalue weighted by atomic mass is 10.2. The highest BCUT2D eigenvalue weighted by atomic mass is 32.2. The Morgan fingerprint density at radius 2 is 1.59 bits per heavy atom. The van der Waals surface area contributed by atoms with Crippen LogP contribution < -0.4 is 5.32 Å². The van der Waals surface area contributed by atoms with Gasteiger partial charge in [0, 0.05) is 38.3 Å². The van der Waals surface area contributed by atoms with Gasteiger partial charge in [-0.15, -0.1) is 0 Å². The standard InChI is InChI=1S/C19H22FN3O3S/c20-18-9-5-4-6-16(18)14-21-19(24)15-22-10-12-23(13-11-22)27(25,26)17-7-2-1-3-8-17/h1-9H,10-15H2,(H,21,24). The third kappa shape index (κ3) is 4.91. The van der Waals surface area contributed by atoms with Gasteiger partial charge in [-0.05, 0) is 18.2 Å². The van der Waals surface area contributed by atoms with Crippen molar-refractivity contribution in [2.75, 3.05) is 32.7 Å². The van der Waals surface area contributed by atoms with Gasteiger partial charge < -0.3 is 5.32 Å². The van der Waals surface area contributed by atoms with Crippen LogP contribution >= 0.6 is 0 Å². The van der Waals surface area contributed by atoms with E-state index in [9.17, 15) is 17.6 Å². The molecule has 0 unspecified atom stereocenters. The molecule has 1 amide bonds. The molecule has 0 aromatic heterocycles. The van der Waals surface area contributed by atoms with Crippen LogP contribution in [0.1, 0.15) is 5.56 Å². The van der Waals surface area contributed by atoms with E-state index in [2.05, 4.69) is 5.32 Å². The van der Waals surface area contributed by atoms with Crippen LogP contribution in [0.4, 0.5) is 4.39 Å². The van der Waals surface area contributed by atoms with E-state index in [4.69, 9.17) is 0 Å². The Bertz CT molecular complexity index is 882. The predicted molar refractivity (Wildman–Crippen MR) is 99.9 cm³/mol. The molecular formula is C19H22FN3O3S. The molecule has 0 spiro atoms. The SMILES string of the molecule is O=C(CN1CCN(S(=O)(=O)c2ccccc2)CC1)NCc1ccccc1F. The summed E-state index contributed by atoms with van der Waals surface area (Å²) >= 11 is 0. The largest absolute Gasteiger partial charge is 0.351 e. The van der Waals surface area contributed by atoms with Crippen LogP contribution in [0.2, 0.25) is 0 Å². The van der Waals surface area contributed by atoms with Crippen molar-refractivity contribution in [3.8, 4) is 0 Å². The maximum absolute atomic E-state index is 13.6. The Morgan fingerprint density at radius 3 is 2.26 bits per heavy atom. The average Bonchev–Trinajstić information content (AvgIpc) is 2.68. The first-order valence-electron chi connectivity index (χ1n) is 8.74. The number of sulfonamides is 1. The van der Waals surface area contributed by atoms with Crippen molar-refractivity contribution >= 4 is 15.9 Å². The van der Waals surface area contributed by atoms with E-state index in [1.54, 1.807) is 48.5 Å². The van der Waals surface area contributed by atoms with E-state index in [1.807, 2.05) is 4.90 Å². The number of halogens is 1. The lowest BCUT2D eigenvalue weighted by Gasteiger charge is -2.33. The van der Waals surface area contributed by atoms with Gasteiger partial charge in [-0.25, -0.2) is 12.8 Å². The highest BCUT2D eigenvalue weighted by Gasteiger charge is 2.28. The lowest BCUT2D eigenvalue weighted by Crippen LogP contribution is -2.50. The maximum Gasteiger partial charge on any atom is 0.243 e. The Kier molecular flexibility index (Phi) is 6.20. The molecule has 144 valence electrons. The fourth-order valence-electron chi connectivity index (χ4n) is 2.96. The summed E-state index contributed by atoms with van der Waals surface area (Å²) in [6.07, 6.45) is 0. The van der Waals surface area contributed by atoms with Crippen molar-refractivity contribution < 1.29 is 17.6 Å². The number of nitrogens with zero attached hydrogens (tertiary/aromatic N) is 2. The van der Waals surface area contributed by atoms with E-state index in [1.165, 1.54) is 10.4 Å². The van der Waals surface area contributed by atoms with E-state index >= 15 is 0 Å². The summed E-state index contributed by atoms with van der Waals surface area (Å²) in [5, 5.41) is 2.70. The number of hydrogen-bond acceptors (Lipinski definition) is 4. The molecule has 0 saturated carbocycles. The number of benzene rings is 2. The Balaban J connectivity index is 1.48. The van der Waals surface area contributed by atoms with Crippen LogP contribution in [-0.4, -0.2) is 56.3 Å². The summed E-state index contributed by atoms with van der Waals surface area (Å²) in [5.41, 5.74) is 0.435. The van der Waals surface area contributed by atoms with Crippen LogP contribution in [0, 0.1) is 5.82 Å². The smallest absolute Gasteiger partial charge is 0.243 e. The van der Waals surface area contributed by atoms with E-state index in [0.29, 0.717) is 31.7 Å². The molecule has 1 N–H and O–H groups in total. The molecule has 0 bridgehead atoms. The van der Waals surface area contributed by atoms with Crippen LogP contribution in [-0.2, 0) is 21.4 Å². The summed E-state index contributed by atoms with van der Waals surface area (Å²) in [5.74, 6) is -0.560. The molecule has 1 aliphatic heterocycles. The quantitative estimate of drug-likeness (QED) is 0.809. The molecule has 1 saturated heterocycles.